The number of benzene rings is 1. The second kappa shape index (κ2) is 11.4. The van der Waals surface area contributed by atoms with Gasteiger partial charge in [0.25, 0.3) is 0 Å². The molecule has 4 rings (SSSR count). The Hall–Kier alpha value is -1.68. The zero-order valence-electron chi connectivity index (χ0n) is 19.3. The Morgan fingerprint density at radius 3 is 2.81 bits per heavy atom. The van der Waals surface area contributed by atoms with Gasteiger partial charge in [0.2, 0.25) is 5.91 Å². The van der Waals surface area contributed by atoms with E-state index in [0.717, 1.165) is 68.6 Å². The highest BCUT2D eigenvalue weighted by molar-refractivity contribution is 14.0. The summed E-state index contributed by atoms with van der Waals surface area (Å²) in [5, 5.41) is 4.62. The Morgan fingerprint density at radius 2 is 2.12 bits per heavy atom. The zero-order chi connectivity index (χ0) is 21.8. The van der Waals surface area contributed by atoms with Crippen molar-refractivity contribution in [2.75, 3.05) is 37.6 Å². The fourth-order valence-electron chi connectivity index (χ4n) is 4.66. The Labute approximate surface area is 212 Å². The molecule has 8 heteroatoms. The molecule has 1 saturated heterocycles. The van der Waals surface area contributed by atoms with Crippen LogP contribution in [-0.2, 0) is 11.2 Å². The molecule has 2 aliphatic rings. The third kappa shape index (κ3) is 5.62. The van der Waals surface area contributed by atoms with Crippen molar-refractivity contribution in [2.45, 2.75) is 52.4 Å². The van der Waals surface area contributed by atoms with Gasteiger partial charge in [-0.05, 0) is 45.2 Å². The van der Waals surface area contributed by atoms with E-state index in [1.54, 1.807) is 11.3 Å². The first-order valence-electron chi connectivity index (χ1n) is 11.4. The lowest BCUT2D eigenvalue weighted by atomic mass is 9.98. The van der Waals surface area contributed by atoms with E-state index in [1.807, 2.05) is 4.90 Å². The molecule has 1 N–H and O–H groups in total. The van der Waals surface area contributed by atoms with E-state index in [1.165, 1.54) is 16.1 Å². The van der Waals surface area contributed by atoms with Gasteiger partial charge < -0.3 is 15.1 Å². The smallest absolute Gasteiger partial charge is 0.222 e. The highest BCUT2D eigenvalue weighted by Crippen LogP contribution is 2.38. The molecule has 6 nitrogen and oxygen atoms in total. The van der Waals surface area contributed by atoms with Gasteiger partial charge in [-0.15, -0.1) is 35.3 Å². The van der Waals surface area contributed by atoms with Crippen molar-refractivity contribution in [3.63, 3.8) is 0 Å². The summed E-state index contributed by atoms with van der Waals surface area (Å²) in [6, 6.07) is 8.65. The first kappa shape index (κ1) is 25.0. The van der Waals surface area contributed by atoms with E-state index in [9.17, 15) is 4.79 Å². The van der Waals surface area contributed by atoms with Crippen molar-refractivity contribution >= 4 is 52.9 Å². The van der Waals surface area contributed by atoms with Crippen molar-refractivity contribution in [2.24, 2.45) is 4.99 Å². The molecule has 2 aliphatic heterocycles. The van der Waals surface area contributed by atoms with Gasteiger partial charge in [0.1, 0.15) is 0 Å². The lowest BCUT2D eigenvalue weighted by Crippen LogP contribution is -2.41. The fourth-order valence-corrected chi connectivity index (χ4v) is 5.58. The van der Waals surface area contributed by atoms with Crippen LogP contribution >= 0.6 is 35.3 Å². The Bertz CT molecular complexity index is 960. The number of carbonyl (C=O) groups excluding carboxylic acids is 1. The van der Waals surface area contributed by atoms with Crippen molar-refractivity contribution in [1.82, 2.24) is 15.2 Å². The largest absolute Gasteiger partial charge is 0.356 e. The number of nitrogens with one attached hydrogen (secondary N) is 1. The van der Waals surface area contributed by atoms with Crippen LogP contribution in [0.2, 0.25) is 0 Å². The Balaban J connectivity index is 0.00000289. The van der Waals surface area contributed by atoms with E-state index in [0.29, 0.717) is 18.2 Å². The van der Waals surface area contributed by atoms with Crippen molar-refractivity contribution in [1.29, 1.82) is 0 Å². The zero-order valence-corrected chi connectivity index (χ0v) is 22.4. The maximum absolute atomic E-state index is 12.0. The van der Waals surface area contributed by atoms with Crippen LogP contribution in [0.1, 0.15) is 53.2 Å². The van der Waals surface area contributed by atoms with E-state index in [-0.39, 0.29) is 24.0 Å². The average Bonchev–Trinajstić information content (AvgIpc) is 3.43. The summed E-state index contributed by atoms with van der Waals surface area (Å²) >= 11 is 1.77. The number of para-hydroxylation sites is 1. The van der Waals surface area contributed by atoms with Crippen molar-refractivity contribution < 1.29 is 4.79 Å². The molecule has 2 aromatic rings. The van der Waals surface area contributed by atoms with Gasteiger partial charge in [-0.2, -0.15) is 0 Å². The molecular weight excluding hydrogens is 533 g/mol. The summed E-state index contributed by atoms with van der Waals surface area (Å²) < 4.78 is 0. The molecule has 1 atom stereocenters. The summed E-state index contributed by atoms with van der Waals surface area (Å²) in [7, 11) is 0. The molecule has 1 fully saturated rings. The number of thiazole rings is 1. The molecule has 0 spiro atoms. The van der Waals surface area contributed by atoms with Crippen LogP contribution < -0.4 is 10.2 Å². The third-order valence-corrected chi connectivity index (χ3v) is 7.31. The minimum atomic E-state index is 0. The predicted molar refractivity (Wildman–Crippen MR) is 144 cm³/mol. The van der Waals surface area contributed by atoms with E-state index in [4.69, 9.17) is 4.99 Å². The summed E-state index contributed by atoms with van der Waals surface area (Å²) in [6.45, 7) is 10.5. The number of guanidine groups is 1. The molecule has 0 aliphatic carbocycles. The van der Waals surface area contributed by atoms with E-state index in [2.05, 4.69) is 60.2 Å². The quantitative estimate of drug-likeness (QED) is 0.304. The third-order valence-electron chi connectivity index (χ3n) is 6.18. The van der Waals surface area contributed by atoms with Crippen LogP contribution in [0.15, 0.2) is 29.3 Å². The Kier molecular flexibility index (Phi) is 8.93. The van der Waals surface area contributed by atoms with Gasteiger partial charge in [-0.3, -0.25) is 9.79 Å². The topological polar surface area (TPSA) is 60.8 Å². The number of likely N-dealkylation sites (tertiary alicyclic amines) is 1. The second-order valence-corrected chi connectivity index (χ2v) is 9.65. The number of aliphatic imine (C=N–C) groups is 1. The molecule has 1 amide bonds. The number of rotatable bonds is 7. The van der Waals surface area contributed by atoms with Crippen LogP contribution in [0.25, 0.3) is 0 Å². The number of anilines is 1. The average molecular weight is 568 g/mol. The molecule has 174 valence electrons. The van der Waals surface area contributed by atoms with Gasteiger partial charge in [0.05, 0.1) is 10.7 Å². The number of hydrogen-bond donors (Lipinski definition) is 1. The van der Waals surface area contributed by atoms with Crippen LogP contribution in [-0.4, -0.2) is 54.5 Å². The van der Waals surface area contributed by atoms with Crippen molar-refractivity contribution in [3.05, 3.63) is 45.4 Å². The van der Waals surface area contributed by atoms with Crippen LogP contribution in [0.5, 0.6) is 0 Å². The molecule has 1 unspecified atom stereocenters. The van der Waals surface area contributed by atoms with Gasteiger partial charge in [0, 0.05) is 62.0 Å². The monoisotopic (exact) mass is 567 g/mol. The molecule has 1 aromatic heterocycles. The van der Waals surface area contributed by atoms with Crippen LogP contribution in [0, 0.1) is 13.8 Å². The number of aryl methyl sites for hydroxylation is 2. The molecule has 32 heavy (non-hydrogen) atoms. The lowest BCUT2D eigenvalue weighted by molar-refractivity contribution is -0.127. The normalized spacial score (nSPS) is 18.2. The van der Waals surface area contributed by atoms with Crippen molar-refractivity contribution in [3.8, 4) is 0 Å². The maximum Gasteiger partial charge on any atom is 0.222 e. The minimum absolute atomic E-state index is 0. The fraction of sp³-hybridized carbons (Fsp3) is 0.542. The minimum Gasteiger partial charge on any atom is -0.356 e. The number of hydrogen-bond acceptors (Lipinski definition) is 4. The number of carbonyl (C=O) groups is 1. The first-order chi connectivity index (χ1) is 15.1. The standard InChI is InChI=1S/C24H33N5OS.HI/c1-4-25-24(26-13-11-22-17(2)27-18(3)31-22)29-16-19(20-8-5-6-9-21(20)29)12-15-28-14-7-10-23(28)30;/h5-6,8-9,19H,4,7,10-16H2,1-3H3,(H,25,26);1H. The van der Waals surface area contributed by atoms with E-state index < -0.39 is 0 Å². The molecule has 0 bridgehead atoms. The molecule has 0 saturated carbocycles. The van der Waals surface area contributed by atoms with E-state index >= 15 is 0 Å². The van der Waals surface area contributed by atoms with Gasteiger partial charge in [-0.1, -0.05) is 18.2 Å². The molecule has 0 radical (unpaired) electrons. The molecular formula is C24H34IN5OS. The number of nitrogens with zero attached hydrogens (tertiary/aromatic N) is 4. The SMILES string of the molecule is CCNC(=NCCc1sc(C)nc1C)N1CC(CCN2CCCC2=O)c2ccccc21.I. The molecule has 1 aromatic carbocycles. The van der Waals surface area contributed by atoms with Crippen LogP contribution in [0.3, 0.4) is 0 Å². The summed E-state index contributed by atoms with van der Waals surface area (Å²) in [6.07, 6.45) is 3.63. The Morgan fingerprint density at radius 1 is 1.31 bits per heavy atom. The highest BCUT2D eigenvalue weighted by Gasteiger charge is 2.32. The van der Waals surface area contributed by atoms with Gasteiger partial charge in [-0.25, -0.2) is 4.98 Å². The highest BCUT2D eigenvalue weighted by atomic mass is 127. The first-order valence-corrected chi connectivity index (χ1v) is 12.2. The lowest BCUT2D eigenvalue weighted by Gasteiger charge is -2.23. The number of fused-ring (bicyclic) bond motifs is 1. The number of aromatic nitrogens is 1. The number of amides is 1. The molecule has 3 heterocycles. The maximum atomic E-state index is 12.0. The van der Waals surface area contributed by atoms with Gasteiger partial charge in [0.15, 0.2) is 5.96 Å². The predicted octanol–water partition coefficient (Wildman–Crippen LogP) is 4.50. The van der Waals surface area contributed by atoms with Gasteiger partial charge >= 0.3 is 0 Å². The second-order valence-electron chi connectivity index (χ2n) is 8.37. The summed E-state index contributed by atoms with van der Waals surface area (Å²) in [5.74, 6) is 1.68. The number of halogens is 1. The summed E-state index contributed by atoms with van der Waals surface area (Å²) in [5.41, 5.74) is 3.74. The van der Waals surface area contributed by atoms with Crippen LogP contribution in [0.4, 0.5) is 5.69 Å². The summed E-state index contributed by atoms with van der Waals surface area (Å²) in [4.78, 5) is 27.2.